The van der Waals surface area contributed by atoms with E-state index in [1.807, 2.05) is 5.01 Å². The van der Waals surface area contributed by atoms with Gasteiger partial charge in [-0.3, -0.25) is 25.1 Å². The van der Waals surface area contributed by atoms with Crippen LogP contribution in [-0.4, -0.2) is 54.5 Å². The Bertz CT molecular complexity index is 643. The minimum absolute atomic E-state index is 0.00700. The van der Waals surface area contributed by atoms with Crippen molar-refractivity contribution in [1.82, 2.24) is 10.4 Å². The van der Waals surface area contributed by atoms with Crippen molar-refractivity contribution in [3.05, 3.63) is 33.9 Å². The molecule has 1 aliphatic rings. The topological polar surface area (TPSA) is 111 Å². The number of nitro groups is 1. The normalized spacial score (nSPS) is 14.8. The van der Waals surface area contributed by atoms with E-state index in [1.165, 1.54) is 25.1 Å². The molecule has 1 fully saturated rings. The maximum Gasteiger partial charge on any atom is 0.280 e. The number of hydrazine groups is 1. The molecule has 0 atom stereocenters. The van der Waals surface area contributed by atoms with E-state index in [-0.39, 0.29) is 23.8 Å². The van der Waals surface area contributed by atoms with Gasteiger partial charge in [0.2, 0.25) is 5.91 Å². The largest absolute Gasteiger partial charge is 0.494 e. The summed E-state index contributed by atoms with van der Waals surface area (Å²) >= 11 is 0. The predicted molar refractivity (Wildman–Crippen MR) is 88.4 cm³/mol. The number of nitrogens with one attached hydrogen (secondary N) is 1. The zero-order chi connectivity index (χ0) is 18.2. The smallest absolute Gasteiger partial charge is 0.280 e. The molecule has 0 bridgehead atoms. The molecule has 25 heavy (non-hydrogen) atoms. The van der Waals surface area contributed by atoms with Gasteiger partial charge in [-0.05, 0) is 25.5 Å². The van der Waals surface area contributed by atoms with E-state index >= 15 is 0 Å². The summed E-state index contributed by atoms with van der Waals surface area (Å²) in [6.45, 7) is 4.07. The Morgan fingerprint density at radius 2 is 2.08 bits per heavy atom. The summed E-state index contributed by atoms with van der Waals surface area (Å²) in [7, 11) is 0. The van der Waals surface area contributed by atoms with Crippen LogP contribution in [0.15, 0.2) is 18.2 Å². The molecule has 9 heteroatoms. The average Bonchev–Trinajstić information content (AvgIpc) is 2.59. The maximum absolute atomic E-state index is 11.8. The predicted octanol–water partition coefficient (Wildman–Crippen LogP) is 1.32. The lowest BCUT2D eigenvalue weighted by atomic mass is 10.1. The van der Waals surface area contributed by atoms with Crippen molar-refractivity contribution >= 4 is 17.4 Å². The van der Waals surface area contributed by atoms with Crippen LogP contribution in [-0.2, 0) is 9.53 Å². The number of morpholine rings is 1. The highest BCUT2D eigenvalue weighted by molar-refractivity contribution is 5.98. The molecule has 2 rings (SSSR count). The van der Waals surface area contributed by atoms with Gasteiger partial charge in [0.05, 0.1) is 30.3 Å². The van der Waals surface area contributed by atoms with Gasteiger partial charge in [0.1, 0.15) is 5.75 Å². The molecule has 1 aromatic rings. The molecule has 1 heterocycles. The monoisotopic (exact) mass is 351 g/mol. The highest BCUT2D eigenvalue weighted by atomic mass is 16.6. The summed E-state index contributed by atoms with van der Waals surface area (Å²) in [5.41, 5.74) is 2.56. The van der Waals surface area contributed by atoms with Gasteiger partial charge in [-0.2, -0.15) is 0 Å². The first-order valence-electron chi connectivity index (χ1n) is 8.01. The summed E-state index contributed by atoms with van der Waals surface area (Å²) in [5.74, 6) is -0.134. The van der Waals surface area contributed by atoms with Gasteiger partial charge in [0.25, 0.3) is 5.69 Å². The second-order valence-corrected chi connectivity index (χ2v) is 5.58. The van der Waals surface area contributed by atoms with Gasteiger partial charge >= 0.3 is 0 Å². The number of amides is 1. The third-order valence-electron chi connectivity index (χ3n) is 3.65. The Hall–Kier alpha value is -2.52. The lowest BCUT2D eigenvalue weighted by Crippen LogP contribution is -2.48. The molecule has 0 saturated carbocycles. The first-order valence-corrected chi connectivity index (χ1v) is 8.01. The van der Waals surface area contributed by atoms with Crippen molar-refractivity contribution in [2.75, 3.05) is 32.9 Å². The van der Waals surface area contributed by atoms with Crippen molar-refractivity contribution in [3.8, 4) is 5.75 Å². The molecule has 0 aliphatic carbocycles. The Morgan fingerprint density at radius 3 is 2.72 bits per heavy atom. The van der Waals surface area contributed by atoms with Crippen molar-refractivity contribution in [2.45, 2.75) is 19.8 Å². The molecule has 1 aromatic carbocycles. The molecule has 0 radical (unpaired) electrons. The second kappa shape index (κ2) is 9.09. The standard InChI is InChI=1S/C16H21N3O6/c1-12(20)14-11-13(4-5-15(14)19(22)23)25-8-2-3-16(21)17-18-6-9-24-10-7-18/h4-5,11H,2-3,6-10H2,1H3,(H,17,21). The molecular weight excluding hydrogens is 330 g/mol. The number of hydrogen-bond acceptors (Lipinski definition) is 7. The maximum atomic E-state index is 11.8. The number of hydrogen-bond donors (Lipinski definition) is 1. The van der Waals surface area contributed by atoms with E-state index in [2.05, 4.69) is 5.43 Å². The van der Waals surface area contributed by atoms with E-state index < -0.39 is 10.7 Å². The molecule has 0 unspecified atom stereocenters. The fourth-order valence-electron chi connectivity index (χ4n) is 2.38. The van der Waals surface area contributed by atoms with E-state index in [9.17, 15) is 19.7 Å². The van der Waals surface area contributed by atoms with Crippen molar-refractivity contribution in [2.24, 2.45) is 0 Å². The van der Waals surface area contributed by atoms with Gasteiger partial charge < -0.3 is 9.47 Å². The minimum atomic E-state index is -0.601. The lowest BCUT2D eigenvalue weighted by molar-refractivity contribution is -0.385. The van der Waals surface area contributed by atoms with Crippen LogP contribution in [0.3, 0.4) is 0 Å². The van der Waals surface area contributed by atoms with Crippen LogP contribution < -0.4 is 10.2 Å². The van der Waals surface area contributed by atoms with E-state index in [4.69, 9.17) is 9.47 Å². The zero-order valence-corrected chi connectivity index (χ0v) is 14.0. The molecule has 9 nitrogen and oxygen atoms in total. The second-order valence-electron chi connectivity index (χ2n) is 5.58. The van der Waals surface area contributed by atoms with Gasteiger partial charge in [0.15, 0.2) is 5.78 Å². The van der Waals surface area contributed by atoms with E-state index in [0.717, 1.165) is 0 Å². The molecule has 1 amide bonds. The molecule has 0 spiro atoms. The van der Waals surface area contributed by atoms with Crippen molar-refractivity contribution in [3.63, 3.8) is 0 Å². The zero-order valence-electron chi connectivity index (χ0n) is 14.0. The summed E-state index contributed by atoms with van der Waals surface area (Å²) < 4.78 is 10.7. The van der Waals surface area contributed by atoms with Crippen molar-refractivity contribution < 1.29 is 24.0 Å². The first kappa shape index (κ1) is 18.8. The van der Waals surface area contributed by atoms with Crippen LogP contribution in [0, 0.1) is 10.1 Å². The highest BCUT2D eigenvalue weighted by Crippen LogP contribution is 2.24. The third kappa shape index (κ3) is 5.80. The number of rotatable bonds is 8. The Labute approximate surface area is 145 Å². The van der Waals surface area contributed by atoms with E-state index in [0.29, 0.717) is 44.9 Å². The molecule has 1 saturated heterocycles. The van der Waals surface area contributed by atoms with Crippen LogP contribution >= 0.6 is 0 Å². The number of nitro benzene ring substituents is 1. The van der Waals surface area contributed by atoms with Gasteiger partial charge in [-0.15, -0.1) is 0 Å². The Morgan fingerprint density at radius 1 is 1.36 bits per heavy atom. The van der Waals surface area contributed by atoms with Crippen LogP contribution in [0.2, 0.25) is 0 Å². The number of carbonyl (C=O) groups excluding carboxylic acids is 2. The molecule has 1 N–H and O–H groups in total. The van der Waals surface area contributed by atoms with Crippen LogP contribution in [0.1, 0.15) is 30.1 Å². The molecule has 1 aliphatic heterocycles. The average molecular weight is 351 g/mol. The number of Topliss-reactive ketones (excluding diaryl/α,β-unsaturated/α-hetero) is 1. The summed E-state index contributed by atoms with van der Waals surface area (Å²) in [6, 6.07) is 4.05. The quantitative estimate of drug-likeness (QED) is 0.325. The number of benzene rings is 1. The van der Waals surface area contributed by atoms with Crippen LogP contribution in [0.25, 0.3) is 0 Å². The summed E-state index contributed by atoms with van der Waals surface area (Å²) in [4.78, 5) is 33.6. The number of carbonyl (C=O) groups is 2. The van der Waals surface area contributed by atoms with Crippen molar-refractivity contribution in [1.29, 1.82) is 0 Å². The number of ether oxygens (including phenoxy) is 2. The molecule has 0 aromatic heterocycles. The Balaban J connectivity index is 1.77. The van der Waals surface area contributed by atoms with Gasteiger partial charge in [0, 0.05) is 25.6 Å². The minimum Gasteiger partial charge on any atom is -0.494 e. The summed E-state index contributed by atoms with van der Waals surface area (Å²) in [5, 5.41) is 12.7. The molecule has 136 valence electrons. The van der Waals surface area contributed by atoms with Crippen LogP contribution in [0.4, 0.5) is 5.69 Å². The lowest BCUT2D eigenvalue weighted by Gasteiger charge is -2.26. The first-order chi connectivity index (χ1) is 12.0. The number of ketones is 1. The van der Waals surface area contributed by atoms with Gasteiger partial charge in [-0.1, -0.05) is 0 Å². The Kier molecular flexibility index (Phi) is 6.84. The molecular formula is C16H21N3O6. The van der Waals surface area contributed by atoms with Crippen LogP contribution in [0.5, 0.6) is 5.75 Å². The third-order valence-corrected chi connectivity index (χ3v) is 3.65. The summed E-state index contributed by atoms with van der Waals surface area (Å²) in [6.07, 6.45) is 0.784. The fourth-order valence-corrected chi connectivity index (χ4v) is 2.38. The van der Waals surface area contributed by atoms with Gasteiger partial charge in [-0.25, -0.2) is 5.01 Å². The highest BCUT2D eigenvalue weighted by Gasteiger charge is 2.18. The fraction of sp³-hybridized carbons (Fsp3) is 0.500. The van der Waals surface area contributed by atoms with E-state index in [1.54, 1.807) is 0 Å². The SMILES string of the molecule is CC(=O)c1cc(OCCCC(=O)NN2CCOCC2)ccc1[N+](=O)[O-]. The number of nitrogens with zero attached hydrogens (tertiary/aromatic N) is 2.